The Morgan fingerprint density at radius 3 is 2.00 bits per heavy atom. The molecule has 2 atom stereocenters. The van der Waals surface area contributed by atoms with Crippen LogP contribution in [0.4, 0.5) is 4.79 Å². The molecule has 0 aromatic rings. The number of rotatable bonds is 8. The first-order valence-corrected chi connectivity index (χ1v) is 8.76. The van der Waals surface area contributed by atoms with Crippen LogP contribution in [0.3, 0.4) is 0 Å². The minimum atomic E-state index is -1.52. The Kier molecular flexibility index (Phi) is 9.58. The van der Waals surface area contributed by atoms with Gasteiger partial charge in [0.1, 0.15) is 17.7 Å². The number of nitrogens with one attached hydrogen (secondary N) is 2. The summed E-state index contributed by atoms with van der Waals surface area (Å²) in [4.78, 5) is 60.4. The Hall–Kier alpha value is -2.69. The Balaban J connectivity index is 5.56. The molecule has 0 aromatic carbocycles. The molecule has 11 heteroatoms. The third-order valence-corrected chi connectivity index (χ3v) is 3.45. The molecule has 0 radical (unpaired) electrons. The summed E-state index contributed by atoms with van der Waals surface area (Å²) in [5, 5.41) is 13.9. The Bertz CT molecular complexity index is 613. The van der Waals surface area contributed by atoms with E-state index in [2.05, 4.69) is 10.6 Å². The molecule has 0 fully saturated rings. The summed E-state index contributed by atoms with van der Waals surface area (Å²) in [5.74, 6) is -4.08. The number of carboxylic acids is 1. The topological polar surface area (TPSA) is 168 Å². The van der Waals surface area contributed by atoms with Crippen molar-refractivity contribution >= 4 is 29.8 Å². The average Bonchev–Trinajstić information content (AvgIpc) is 2.55. The van der Waals surface area contributed by atoms with Crippen LogP contribution in [0.15, 0.2) is 0 Å². The molecule has 0 unspecified atom stereocenters. The summed E-state index contributed by atoms with van der Waals surface area (Å²) >= 11 is 0. The lowest BCUT2D eigenvalue weighted by Gasteiger charge is -2.32. The third kappa shape index (κ3) is 8.33. The highest BCUT2D eigenvalue weighted by Crippen LogP contribution is 2.16. The van der Waals surface area contributed by atoms with Gasteiger partial charge in [0.05, 0.1) is 13.1 Å². The van der Waals surface area contributed by atoms with Gasteiger partial charge < -0.3 is 26.2 Å². The van der Waals surface area contributed by atoms with Crippen molar-refractivity contribution in [3.8, 4) is 0 Å². The first kappa shape index (κ1) is 25.3. The molecule has 160 valence electrons. The molecule has 0 saturated carbocycles. The van der Waals surface area contributed by atoms with Gasteiger partial charge in [0.25, 0.3) is 5.91 Å². The van der Waals surface area contributed by atoms with Crippen LogP contribution in [-0.2, 0) is 23.9 Å². The number of ether oxygens (including phenoxy) is 1. The average molecular weight is 402 g/mol. The number of carboxylic acid groups (broad SMARTS) is 1. The second-order valence-corrected chi connectivity index (χ2v) is 7.47. The first-order chi connectivity index (χ1) is 12.7. The third-order valence-electron chi connectivity index (χ3n) is 3.45. The largest absolute Gasteiger partial charge is 0.480 e. The van der Waals surface area contributed by atoms with Gasteiger partial charge in [0, 0.05) is 0 Å². The number of imide groups is 1. The number of nitrogens with two attached hydrogens (primary N) is 1. The molecule has 5 N–H and O–H groups in total. The SMILES string of the molecule is CC(C)[C@H](NC(=O)CNC(=O)CN)C(=O)N(C(=O)OC(C)(C)C)[C@@H](C)C(=O)O. The van der Waals surface area contributed by atoms with Gasteiger partial charge in [0.15, 0.2) is 0 Å². The van der Waals surface area contributed by atoms with E-state index in [4.69, 9.17) is 10.5 Å². The van der Waals surface area contributed by atoms with E-state index in [1.54, 1.807) is 34.6 Å². The molecule has 0 saturated heterocycles. The van der Waals surface area contributed by atoms with Crippen molar-refractivity contribution in [1.29, 1.82) is 0 Å². The van der Waals surface area contributed by atoms with E-state index in [1.165, 1.54) is 0 Å². The Morgan fingerprint density at radius 2 is 1.61 bits per heavy atom. The van der Waals surface area contributed by atoms with Gasteiger partial charge in [0.2, 0.25) is 11.8 Å². The monoisotopic (exact) mass is 402 g/mol. The molecule has 0 aliphatic rings. The highest BCUT2D eigenvalue weighted by atomic mass is 16.6. The van der Waals surface area contributed by atoms with E-state index in [0.717, 1.165) is 6.92 Å². The molecule has 0 aromatic heterocycles. The van der Waals surface area contributed by atoms with Crippen LogP contribution in [0.1, 0.15) is 41.5 Å². The van der Waals surface area contributed by atoms with Crippen molar-refractivity contribution < 1.29 is 33.8 Å². The minimum absolute atomic E-state index is 0.303. The number of hydrogen-bond acceptors (Lipinski definition) is 7. The van der Waals surface area contributed by atoms with E-state index in [0.29, 0.717) is 4.90 Å². The van der Waals surface area contributed by atoms with Crippen molar-refractivity contribution in [2.45, 2.75) is 59.2 Å². The normalized spacial score (nSPS) is 13.3. The highest BCUT2D eigenvalue weighted by Gasteiger charge is 2.39. The molecule has 0 rings (SSSR count). The fraction of sp³-hybridized carbons (Fsp3) is 0.706. The fourth-order valence-corrected chi connectivity index (χ4v) is 2.00. The summed E-state index contributed by atoms with van der Waals surface area (Å²) in [6.45, 7) is 8.36. The van der Waals surface area contributed by atoms with E-state index >= 15 is 0 Å². The smallest absolute Gasteiger partial charge is 0.417 e. The van der Waals surface area contributed by atoms with Gasteiger partial charge in [-0.15, -0.1) is 0 Å². The molecule has 28 heavy (non-hydrogen) atoms. The lowest BCUT2D eigenvalue weighted by molar-refractivity contribution is -0.150. The number of aliphatic carboxylic acids is 1. The first-order valence-electron chi connectivity index (χ1n) is 8.76. The van der Waals surface area contributed by atoms with Crippen LogP contribution in [0.25, 0.3) is 0 Å². The van der Waals surface area contributed by atoms with Gasteiger partial charge >= 0.3 is 12.1 Å². The molecular weight excluding hydrogens is 372 g/mol. The molecule has 4 amide bonds. The number of amides is 4. The van der Waals surface area contributed by atoms with Crippen LogP contribution >= 0.6 is 0 Å². The summed E-state index contributed by atoms with van der Waals surface area (Å²) in [7, 11) is 0. The van der Waals surface area contributed by atoms with Crippen molar-refractivity contribution in [1.82, 2.24) is 15.5 Å². The van der Waals surface area contributed by atoms with Crippen LogP contribution in [0.2, 0.25) is 0 Å². The zero-order chi connectivity index (χ0) is 22.2. The number of nitrogens with zero attached hydrogens (tertiary/aromatic N) is 1. The van der Waals surface area contributed by atoms with Gasteiger partial charge in [-0.25, -0.2) is 14.5 Å². The molecule has 0 aliphatic heterocycles. The number of carbonyl (C=O) groups excluding carboxylic acids is 4. The van der Waals surface area contributed by atoms with E-state index in [1.807, 2.05) is 0 Å². The van der Waals surface area contributed by atoms with Gasteiger partial charge in [-0.3, -0.25) is 14.4 Å². The predicted octanol–water partition coefficient (Wildman–Crippen LogP) is -0.561. The zero-order valence-corrected chi connectivity index (χ0v) is 17.1. The molecule has 0 bridgehead atoms. The van der Waals surface area contributed by atoms with E-state index < -0.39 is 59.9 Å². The second-order valence-electron chi connectivity index (χ2n) is 7.47. The highest BCUT2D eigenvalue weighted by molar-refractivity contribution is 6.00. The maximum atomic E-state index is 12.9. The lowest BCUT2D eigenvalue weighted by Crippen LogP contribution is -2.58. The van der Waals surface area contributed by atoms with Crippen molar-refractivity contribution in [3.05, 3.63) is 0 Å². The molecular formula is C17H30N4O7. The summed E-state index contributed by atoms with van der Waals surface area (Å²) < 4.78 is 5.14. The predicted molar refractivity (Wildman–Crippen MR) is 99.0 cm³/mol. The standard InChI is InChI=1S/C17H30N4O7/c1-9(2)13(20-12(23)8-19-11(22)7-18)14(24)21(10(3)15(25)26)16(27)28-17(4,5)6/h9-10,13H,7-8,18H2,1-6H3,(H,19,22)(H,20,23)(H,25,26)/t10-,13-/m0/s1. The molecule has 0 spiro atoms. The zero-order valence-electron chi connectivity index (χ0n) is 17.1. The summed E-state index contributed by atoms with van der Waals surface area (Å²) in [6, 6.07) is -2.73. The molecule has 0 aliphatic carbocycles. The van der Waals surface area contributed by atoms with Crippen LogP contribution < -0.4 is 16.4 Å². The minimum Gasteiger partial charge on any atom is -0.480 e. The van der Waals surface area contributed by atoms with Gasteiger partial charge in [-0.05, 0) is 33.6 Å². The number of hydrogen-bond donors (Lipinski definition) is 4. The molecule has 0 heterocycles. The maximum Gasteiger partial charge on any atom is 0.417 e. The van der Waals surface area contributed by atoms with Crippen LogP contribution in [-0.4, -0.2) is 70.6 Å². The van der Waals surface area contributed by atoms with Crippen LogP contribution in [0.5, 0.6) is 0 Å². The lowest BCUT2D eigenvalue weighted by atomic mass is 10.0. The van der Waals surface area contributed by atoms with Crippen LogP contribution in [0, 0.1) is 5.92 Å². The van der Waals surface area contributed by atoms with Crippen molar-refractivity contribution in [2.24, 2.45) is 11.7 Å². The van der Waals surface area contributed by atoms with E-state index in [-0.39, 0.29) is 6.54 Å². The number of carbonyl (C=O) groups is 5. The quantitative estimate of drug-likeness (QED) is 0.419. The fourth-order valence-electron chi connectivity index (χ4n) is 2.00. The summed E-state index contributed by atoms with van der Waals surface area (Å²) in [6.07, 6.45) is -1.14. The molecule has 11 nitrogen and oxygen atoms in total. The Morgan fingerprint density at radius 1 is 1.07 bits per heavy atom. The maximum absolute atomic E-state index is 12.9. The van der Waals surface area contributed by atoms with Crippen molar-refractivity contribution in [3.63, 3.8) is 0 Å². The van der Waals surface area contributed by atoms with Gasteiger partial charge in [-0.1, -0.05) is 13.8 Å². The van der Waals surface area contributed by atoms with Gasteiger partial charge in [-0.2, -0.15) is 0 Å². The Labute approximate surface area is 163 Å². The van der Waals surface area contributed by atoms with E-state index in [9.17, 15) is 29.1 Å². The van der Waals surface area contributed by atoms with Crippen molar-refractivity contribution in [2.75, 3.05) is 13.1 Å². The second kappa shape index (κ2) is 10.6. The summed E-state index contributed by atoms with van der Waals surface area (Å²) in [5.41, 5.74) is 4.17.